The highest BCUT2D eigenvalue weighted by Crippen LogP contribution is 2.45. The smallest absolute Gasteiger partial charge is 0.336 e. The van der Waals surface area contributed by atoms with Crippen LogP contribution in [0.5, 0.6) is 0 Å². The van der Waals surface area contributed by atoms with E-state index < -0.39 is 23.8 Å². The Hall–Kier alpha value is -2.89. The average Bonchev–Trinajstić information content (AvgIpc) is 2.67. The lowest BCUT2D eigenvalue weighted by molar-refractivity contribution is -0.151. The van der Waals surface area contributed by atoms with E-state index in [1.807, 2.05) is 45.0 Å². The first kappa shape index (κ1) is 20.8. The molecule has 1 N–H and O–H groups in total. The lowest BCUT2D eigenvalue weighted by Crippen LogP contribution is -2.43. The number of esters is 2. The standard InChI is InChI=1S/C23H27NO5/c1-6-29-23(27)18-14(4)24-16-11-13(3)17(22(26)28-5)21(25)20(16)19(18)15-9-7-12(2)8-10-15/h7-10,13,17,19,24H,6,11H2,1-5H3/t13-,17-,19-/m0/s1. The van der Waals surface area contributed by atoms with E-state index >= 15 is 0 Å². The summed E-state index contributed by atoms with van der Waals surface area (Å²) in [7, 11) is 1.29. The normalized spacial score (nSPS) is 24.0. The minimum absolute atomic E-state index is 0.197. The Morgan fingerprint density at radius 3 is 2.41 bits per heavy atom. The fourth-order valence-electron chi connectivity index (χ4n) is 4.25. The average molecular weight is 397 g/mol. The van der Waals surface area contributed by atoms with Gasteiger partial charge in [-0.3, -0.25) is 9.59 Å². The van der Waals surface area contributed by atoms with Crippen LogP contribution < -0.4 is 5.32 Å². The number of benzene rings is 1. The lowest BCUT2D eigenvalue weighted by Gasteiger charge is -2.38. The molecule has 154 valence electrons. The van der Waals surface area contributed by atoms with Gasteiger partial charge in [-0.05, 0) is 38.7 Å². The van der Waals surface area contributed by atoms with Gasteiger partial charge in [0.25, 0.3) is 0 Å². The van der Waals surface area contributed by atoms with Crippen molar-refractivity contribution in [2.24, 2.45) is 11.8 Å². The van der Waals surface area contributed by atoms with Crippen LogP contribution in [0.25, 0.3) is 0 Å². The summed E-state index contributed by atoms with van der Waals surface area (Å²) in [6.07, 6.45) is 0.524. The van der Waals surface area contributed by atoms with Gasteiger partial charge >= 0.3 is 11.9 Å². The first-order chi connectivity index (χ1) is 13.8. The molecular formula is C23H27NO5. The number of dihydropyridines is 1. The van der Waals surface area contributed by atoms with Gasteiger partial charge in [-0.2, -0.15) is 0 Å². The first-order valence-electron chi connectivity index (χ1n) is 9.86. The molecule has 0 saturated heterocycles. The summed E-state index contributed by atoms with van der Waals surface area (Å²) < 4.78 is 10.2. The number of ketones is 1. The van der Waals surface area contributed by atoms with Crippen molar-refractivity contribution in [2.45, 2.75) is 40.0 Å². The van der Waals surface area contributed by atoms with E-state index in [0.717, 1.165) is 16.8 Å². The molecule has 0 amide bonds. The molecule has 2 aliphatic rings. The van der Waals surface area contributed by atoms with Crippen LogP contribution in [0.15, 0.2) is 46.8 Å². The van der Waals surface area contributed by atoms with Crippen molar-refractivity contribution in [1.29, 1.82) is 0 Å². The Labute approximate surface area is 171 Å². The highest BCUT2D eigenvalue weighted by atomic mass is 16.5. The third-order valence-electron chi connectivity index (χ3n) is 5.65. The number of carbonyl (C=O) groups is 3. The maximum Gasteiger partial charge on any atom is 0.336 e. The van der Waals surface area contributed by atoms with Gasteiger partial charge in [0.1, 0.15) is 5.92 Å². The molecule has 1 aliphatic carbocycles. The molecule has 0 unspecified atom stereocenters. The van der Waals surface area contributed by atoms with Crippen molar-refractivity contribution in [3.05, 3.63) is 57.9 Å². The van der Waals surface area contributed by atoms with Crippen LogP contribution >= 0.6 is 0 Å². The second-order valence-electron chi connectivity index (χ2n) is 7.67. The van der Waals surface area contributed by atoms with Crippen LogP contribution in [0.3, 0.4) is 0 Å². The Bertz CT molecular complexity index is 910. The number of hydrogen-bond acceptors (Lipinski definition) is 6. The molecule has 0 bridgehead atoms. The number of allylic oxidation sites excluding steroid dienone is 3. The van der Waals surface area contributed by atoms with Gasteiger partial charge in [-0.15, -0.1) is 0 Å². The quantitative estimate of drug-likeness (QED) is 0.621. The third-order valence-corrected chi connectivity index (χ3v) is 5.65. The predicted octanol–water partition coefficient (Wildman–Crippen LogP) is 3.17. The minimum Gasteiger partial charge on any atom is -0.468 e. The van der Waals surface area contributed by atoms with E-state index in [1.54, 1.807) is 6.92 Å². The molecule has 0 aromatic heterocycles. The summed E-state index contributed by atoms with van der Waals surface area (Å²) >= 11 is 0. The zero-order valence-corrected chi connectivity index (χ0v) is 17.5. The molecule has 0 radical (unpaired) electrons. The summed E-state index contributed by atoms with van der Waals surface area (Å²) in [5.41, 5.74) is 4.19. The maximum absolute atomic E-state index is 13.5. The minimum atomic E-state index is -0.879. The van der Waals surface area contributed by atoms with Crippen LogP contribution in [0.2, 0.25) is 0 Å². The lowest BCUT2D eigenvalue weighted by atomic mass is 9.69. The molecule has 6 nitrogen and oxygen atoms in total. The van der Waals surface area contributed by atoms with E-state index in [4.69, 9.17) is 9.47 Å². The summed E-state index contributed by atoms with van der Waals surface area (Å²) in [6.45, 7) is 7.64. The molecule has 1 aliphatic heterocycles. The van der Waals surface area contributed by atoms with E-state index in [-0.39, 0.29) is 18.3 Å². The first-order valence-corrected chi connectivity index (χ1v) is 9.86. The molecule has 1 aromatic rings. The van der Waals surface area contributed by atoms with Crippen molar-refractivity contribution >= 4 is 17.7 Å². The second-order valence-corrected chi connectivity index (χ2v) is 7.67. The molecule has 29 heavy (non-hydrogen) atoms. The van der Waals surface area contributed by atoms with Crippen LogP contribution in [0, 0.1) is 18.8 Å². The van der Waals surface area contributed by atoms with Crippen molar-refractivity contribution in [2.75, 3.05) is 13.7 Å². The van der Waals surface area contributed by atoms with Crippen LogP contribution in [-0.4, -0.2) is 31.4 Å². The molecule has 0 fully saturated rings. The SMILES string of the molecule is CCOC(=O)C1=C(C)NC2=C(C(=O)[C@@H](C(=O)OC)[C@@H](C)C2)[C@H]1c1ccc(C)cc1. The topological polar surface area (TPSA) is 81.7 Å². The van der Waals surface area contributed by atoms with Gasteiger partial charge in [0.15, 0.2) is 5.78 Å². The van der Waals surface area contributed by atoms with Crippen molar-refractivity contribution in [1.82, 2.24) is 5.32 Å². The summed E-state index contributed by atoms with van der Waals surface area (Å²) in [4.78, 5) is 38.7. The fourth-order valence-corrected chi connectivity index (χ4v) is 4.25. The van der Waals surface area contributed by atoms with Crippen molar-refractivity contribution < 1.29 is 23.9 Å². The predicted molar refractivity (Wildman–Crippen MR) is 108 cm³/mol. The van der Waals surface area contributed by atoms with Gasteiger partial charge < -0.3 is 14.8 Å². The number of rotatable bonds is 4. The van der Waals surface area contributed by atoms with Gasteiger partial charge in [-0.1, -0.05) is 36.8 Å². The molecule has 6 heteroatoms. The largest absolute Gasteiger partial charge is 0.468 e. The summed E-state index contributed by atoms with van der Waals surface area (Å²) in [5, 5.41) is 3.24. The number of ether oxygens (including phenoxy) is 2. The van der Waals surface area contributed by atoms with Gasteiger partial charge in [0.2, 0.25) is 0 Å². The van der Waals surface area contributed by atoms with Gasteiger partial charge in [0, 0.05) is 22.9 Å². The number of carbonyl (C=O) groups excluding carboxylic acids is 3. The van der Waals surface area contributed by atoms with Crippen molar-refractivity contribution in [3.8, 4) is 0 Å². The molecule has 0 saturated carbocycles. The summed E-state index contributed by atoms with van der Waals surface area (Å²) in [5.74, 6) is -2.96. The van der Waals surface area contributed by atoms with Gasteiger partial charge in [-0.25, -0.2) is 4.79 Å². The van der Waals surface area contributed by atoms with Crippen LogP contribution in [0.1, 0.15) is 44.2 Å². The molecule has 3 atom stereocenters. The zero-order chi connectivity index (χ0) is 21.3. The third kappa shape index (κ3) is 3.71. The maximum atomic E-state index is 13.5. The molecule has 3 rings (SSSR count). The number of hydrogen-bond donors (Lipinski definition) is 1. The Morgan fingerprint density at radius 2 is 1.83 bits per heavy atom. The monoisotopic (exact) mass is 397 g/mol. The van der Waals surface area contributed by atoms with E-state index in [1.165, 1.54) is 7.11 Å². The molecule has 1 aromatic carbocycles. The Morgan fingerprint density at radius 1 is 1.17 bits per heavy atom. The van der Waals surface area contributed by atoms with Gasteiger partial charge in [0.05, 0.1) is 19.3 Å². The molecule has 0 spiro atoms. The van der Waals surface area contributed by atoms with E-state index in [9.17, 15) is 14.4 Å². The van der Waals surface area contributed by atoms with E-state index in [2.05, 4.69) is 5.32 Å². The second kappa shape index (κ2) is 8.23. The number of methoxy groups -OCH3 is 1. The Balaban J connectivity index is 2.18. The van der Waals surface area contributed by atoms with Crippen LogP contribution in [0.4, 0.5) is 0 Å². The van der Waals surface area contributed by atoms with Crippen molar-refractivity contribution in [3.63, 3.8) is 0 Å². The highest BCUT2D eigenvalue weighted by molar-refractivity contribution is 6.12. The Kier molecular flexibility index (Phi) is 5.91. The number of nitrogens with one attached hydrogen (secondary N) is 1. The molecule has 1 heterocycles. The van der Waals surface area contributed by atoms with E-state index in [0.29, 0.717) is 23.3 Å². The fraction of sp³-hybridized carbons (Fsp3) is 0.435. The number of aryl methyl sites for hydroxylation is 1. The number of Topliss-reactive ketones (excluding diaryl/α,β-unsaturated/α-hetero) is 1. The highest BCUT2D eigenvalue weighted by Gasteiger charge is 2.47. The molecular weight excluding hydrogens is 370 g/mol. The summed E-state index contributed by atoms with van der Waals surface area (Å²) in [6, 6.07) is 7.73. The zero-order valence-electron chi connectivity index (χ0n) is 17.5. The van der Waals surface area contributed by atoms with Crippen LogP contribution in [-0.2, 0) is 23.9 Å².